The molecule has 0 saturated carbocycles. The minimum atomic E-state index is -0.794. The number of hydrogen-bond acceptors (Lipinski definition) is 1. The third-order valence-corrected chi connectivity index (χ3v) is 2.02. The first-order valence-electron chi connectivity index (χ1n) is 4.26. The fourth-order valence-electron chi connectivity index (χ4n) is 1.11. The molecule has 0 spiro atoms. The van der Waals surface area contributed by atoms with Gasteiger partial charge in [-0.05, 0) is 23.1 Å². The van der Waals surface area contributed by atoms with E-state index < -0.39 is 17.2 Å². The summed E-state index contributed by atoms with van der Waals surface area (Å²) >= 11 is 0. The number of hydrogen-bond donors (Lipinski definition) is 0. The van der Waals surface area contributed by atoms with Crippen LogP contribution in [0.4, 0.5) is 8.78 Å². The Balaban J connectivity index is 3.37. The van der Waals surface area contributed by atoms with Crippen LogP contribution in [0.15, 0.2) is 12.1 Å². The van der Waals surface area contributed by atoms with E-state index in [0.29, 0.717) is 5.56 Å². The Kier molecular flexibility index (Phi) is 2.57. The molecular formula is C11H11F2N. The molecule has 0 radical (unpaired) electrons. The average Bonchev–Trinajstić information content (AvgIpc) is 2.01. The summed E-state index contributed by atoms with van der Waals surface area (Å²) in [6.45, 7) is 5.56. The van der Waals surface area contributed by atoms with Gasteiger partial charge in [0.2, 0.25) is 0 Å². The van der Waals surface area contributed by atoms with Crippen LogP contribution in [0.1, 0.15) is 31.9 Å². The van der Waals surface area contributed by atoms with E-state index in [1.807, 2.05) is 20.8 Å². The molecular weight excluding hydrogens is 184 g/mol. The summed E-state index contributed by atoms with van der Waals surface area (Å²) in [6.07, 6.45) is 0. The zero-order valence-corrected chi connectivity index (χ0v) is 8.36. The van der Waals surface area contributed by atoms with E-state index in [2.05, 4.69) is 0 Å². The molecule has 74 valence electrons. The topological polar surface area (TPSA) is 23.8 Å². The molecule has 0 aliphatic heterocycles. The number of halogens is 2. The molecule has 1 rings (SSSR count). The van der Waals surface area contributed by atoms with Gasteiger partial charge in [-0.3, -0.25) is 0 Å². The lowest BCUT2D eigenvalue weighted by Crippen LogP contribution is -2.12. The van der Waals surface area contributed by atoms with Gasteiger partial charge in [-0.1, -0.05) is 20.8 Å². The lowest BCUT2D eigenvalue weighted by Gasteiger charge is -2.19. The Morgan fingerprint density at radius 3 is 1.86 bits per heavy atom. The Bertz CT molecular complexity index is 374. The van der Waals surface area contributed by atoms with Crippen molar-refractivity contribution in [2.45, 2.75) is 26.2 Å². The Morgan fingerprint density at radius 2 is 1.57 bits per heavy atom. The van der Waals surface area contributed by atoms with Gasteiger partial charge in [0.1, 0.15) is 23.3 Å². The van der Waals surface area contributed by atoms with Gasteiger partial charge in [-0.25, -0.2) is 8.78 Å². The maximum absolute atomic E-state index is 13.2. The van der Waals surface area contributed by atoms with Gasteiger partial charge in [-0.15, -0.1) is 0 Å². The van der Waals surface area contributed by atoms with Gasteiger partial charge in [0.15, 0.2) is 0 Å². The second-order valence-electron chi connectivity index (χ2n) is 4.18. The highest BCUT2D eigenvalue weighted by Crippen LogP contribution is 2.25. The zero-order chi connectivity index (χ0) is 10.9. The van der Waals surface area contributed by atoms with Crippen molar-refractivity contribution in [2.24, 2.45) is 0 Å². The number of nitrogens with zero attached hydrogens (tertiary/aromatic N) is 1. The smallest absolute Gasteiger partial charge is 0.144 e. The third kappa shape index (κ3) is 1.90. The van der Waals surface area contributed by atoms with Crippen LogP contribution in [0.2, 0.25) is 0 Å². The van der Waals surface area contributed by atoms with Crippen molar-refractivity contribution >= 4 is 0 Å². The highest BCUT2D eigenvalue weighted by Gasteiger charge is 2.18. The first-order valence-corrected chi connectivity index (χ1v) is 4.26. The molecule has 1 nitrogen and oxygen atoms in total. The summed E-state index contributed by atoms with van der Waals surface area (Å²) in [4.78, 5) is 0. The standard InChI is InChI=1S/C11H11F2N/c1-11(2,3)7-4-9(12)8(6-14)10(13)5-7/h4-5H,1-3H3. The van der Waals surface area contributed by atoms with Crippen LogP contribution in [-0.4, -0.2) is 0 Å². The molecule has 0 aliphatic carbocycles. The van der Waals surface area contributed by atoms with Crippen LogP contribution in [0.3, 0.4) is 0 Å². The molecule has 0 unspecified atom stereocenters. The second kappa shape index (κ2) is 3.38. The van der Waals surface area contributed by atoms with Gasteiger partial charge >= 0.3 is 0 Å². The summed E-state index contributed by atoms with van der Waals surface area (Å²) in [7, 11) is 0. The lowest BCUT2D eigenvalue weighted by atomic mass is 9.86. The van der Waals surface area contributed by atoms with E-state index in [-0.39, 0.29) is 5.41 Å². The molecule has 1 aromatic carbocycles. The fraction of sp³-hybridized carbons (Fsp3) is 0.364. The summed E-state index contributed by atoms with van der Waals surface area (Å²) in [5.41, 5.74) is -0.292. The van der Waals surface area contributed by atoms with Crippen molar-refractivity contribution in [1.82, 2.24) is 0 Å². The maximum Gasteiger partial charge on any atom is 0.144 e. The van der Waals surface area contributed by atoms with Crippen molar-refractivity contribution in [3.63, 3.8) is 0 Å². The Labute approximate surface area is 82.0 Å². The molecule has 0 bridgehead atoms. The largest absolute Gasteiger partial charge is 0.205 e. The van der Waals surface area contributed by atoms with Crippen LogP contribution in [0.25, 0.3) is 0 Å². The maximum atomic E-state index is 13.2. The van der Waals surface area contributed by atoms with Crippen molar-refractivity contribution in [3.8, 4) is 6.07 Å². The SMILES string of the molecule is CC(C)(C)c1cc(F)c(C#N)c(F)c1. The molecule has 0 heterocycles. The van der Waals surface area contributed by atoms with E-state index in [0.717, 1.165) is 0 Å². The van der Waals surface area contributed by atoms with Crippen LogP contribution in [0.5, 0.6) is 0 Å². The lowest BCUT2D eigenvalue weighted by molar-refractivity contribution is 0.541. The summed E-state index contributed by atoms with van der Waals surface area (Å²) < 4.78 is 26.4. The third-order valence-electron chi connectivity index (χ3n) is 2.02. The zero-order valence-electron chi connectivity index (χ0n) is 8.36. The van der Waals surface area contributed by atoms with Gasteiger partial charge < -0.3 is 0 Å². The monoisotopic (exact) mass is 195 g/mol. The minimum Gasteiger partial charge on any atom is -0.205 e. The number of nitriles is 1. The molecule has 0 amide bonds. The summed E-state index contributed by atoms with van der Waals surface area (Å²) in [5, 5.41) is 8.46. The first kappa shape index (κ1) is 10.6. The molecule has 0 aliphatic rings. The van der Waals surface area contributed by atoms with Crippen molar-refractivity contribution in [1.29, 1.82) is 5.26 Å². The normalized spacial score (nSPS) is 11.1. The highest BCUT2D eigenvalue weighted by molar-refractivity contribution is 5.37. The van der Waals surface area contributed by atoms with E-state index >= 15 is 0 Å². The van der Waals surface area contributed by atoms with Gasteiger partial charge in [0.25, 0.3) is 0 Å². The van der Waals surface area contributed by atoms with Crippen LogP contribution in [0, 0.1) is 23.0 Å². The van der Waals surface area contributed by atoms with Gasteiger partial charge in [0.05, 0.1) is 0 Å². The van der Waals surface area contributed by atoms with Gasteiger partial charge in [0, 0.05) is 0 Å². The van der Waals surface area contributed by atoms with Crippen LogP contribution >= 0.6 is 0 Å². The summed E-state index contributed by atoms with van der Waals surface area (Å²) in [5.74, 6) is -1.59. The molecule has 0 atom stereocenters. The second-order valence-corrected chi connectivity index (χ2v) is 4.18. The van der Waals surface area contributed by atoms with E-state index in [1.165, 1.54) is 18.2 Å². The fourth-order valence-corrected chi connectivity index (χ4v) is 1.11. The highest BCUT2D eigenvalue weighted by atomic mass is 19.1. The van der Waals surface area contributed by atoms with E-state index in [1.54, 1.807) is 0 Å². The molecule has 14 heavy (non-hydrogen) atoms. The minimum absolute atomic E-state index is 0.324. The molecule has 1 aromatic rings. The van der Waals surface area contributed by atoms with Crippen molar-refractivity contribution in [2.75, 3.05) is 0 Å². The number of rotatable bonds is 0. The van der Waals surface area contributed by atoms with Gasteiger partial charge in [-0.2, -0.15) is 5.26 Å². The van der Waals surface area contributed by atoms with Crippen LogP contribution in [-0.2, 0) is 5.41 Å². The first-order chi connectivity index (χ1) is 6.36. The molecule has 0 saturated heterocycles. The summed E-state index contributed by atoms with van der Waals surface area (Å²) in [6, 6.07) is 3.91. The van der Waals surface area contributed by atoms with Crippen molar-refractivity contribution in [3.05, 3.63) is 34.9 Å². The number of benzene rings is 1. The molecule has 3 heteroatoms. The predicted molar refractivity (Wildman–Crippen MR) is 49.8 cm³/mol. The molecule has 0 aromatic heterocycles. The van der Waals surface area contributed by atoms with E-state index in [9.17, 15) is 8.78 Å². The van der Waals surface area contributed by atoms with E-state index in [4.69, 9.17) is 5.26 Å². The average molecular weight is 195 g/mol. The van der Waals surface area contributed by atoms with Crippen molar-refractivity contribution < 1.29 is 8.78 Å². The quantitative estimate of drug-likeness (QED) is 0.623. The predicted octanol–water partition coefficient (Wildman–Crippen LogP) is 3.13. The molecule has 0 fully saturated rings. The molecule has 0 N–H and O–H groups in total. The van der Waals surface area contributed by atoms with Crippen LogP contribution < -0.4 is 0 Å². The Morgan fingerprint density at radius 1 is 1.14 bits per heavy atom. The Hall–Kier alpha value is -1.43.